The molecule has 1 amide bonds. The summed E-state index contributed by atoms with van der Waals surface area (Å²) < 4.78 is 0. The number of carbonyl (C=O) groups is 2. The van der Waals surface area contributed by atoms with E-state index >= 15 is 0 Å². The van der Waals surface area contributed by atoms with Gasteiger partial charge in [0.25, 0.3) is 0 Å². The number of nitrogens with one attached hydrogen (secondary N) is 1. The molecule has 0 aliphatic heterocycles. The molecule has 1 aromatic rings. The molecule has 0 aliphatic carbocycles. The summed E-state index contributed by atoms with van der Waals surface area (Å²) in [4.78, 5) is 22.3. The third-order valence-corrected chi connectivity index (χ3v) is 3.15. The second-order valence-electron chi connectivity index (χ2n) is 4.72. The van der Waals surface area contributed by atoms with Gasteiger partial charge in [-0.3, -0.25) is 9.59 Å². The fourth-order valence-corrected chi connectivity index (χ4v) is 2.19. The topological polar surface area (TPSA) is 66.4 Å². The first kappa shape index (κ1) is 15.5. The van der Waals surface area contributed by atoms with Crippen LogP contribution in [0.15, 0.2) is 24.3 Å². The zero-order chi connectivity index (χ0) is 14.4. The minimum atomic E-state index is -0.889. The molecule has 0 saturated heterocycles. The molecular formula is C14H18ClNO3. The second kappa shape index (κ2) is 7.14. The largest absolute Gasteiger partial charge is 0.481 e. The van der Waals surface area contributed by atoms with Gasteiger partial charge in [0.05, 0.1) is 6.04 Å². The molecular weight excluding hydrogens is 266 g/mol. The molecule has 2 unspecified atom stereocenters. The Kier molecular flexibility index (Phi) is 5.83. The first-order chi connectivity index (χ1) is 8.90. The van der Waals surface area contributed by atoms with Crippen LogP contribution in [0.3, 0.4) is 0 Å². The first-order valence-corrected chi connectivity index (χ1v) is 6.53. The minimum Gasteiger partial charge on any atom is -0.481 e. The molecule has 4 nitrogen and oxygen atoms in total. The van der Waals surface area contributed by atoms with Crippen LogP contribution in [0.1, 0.15) is 38.3 Å². The van der Waals surface area contributed by atoms with Gasteiger partial charge in [0.15, 0.2) is 0 Å². The molecule has 5 heteroatoms. The van der Waals surface area contributed by atoms with E-state index in [-0.39, 0.29) is 30.7 Å². The smallest absolute Gasteiger partial charge is 0.303 e. The van der Waals surface area contributed by atoms with Crippen molar-refractivity contribution in [1.29, 1.82) is 0 Å². The summed E-state index contributed by atoms with van der Waals surface area (Å²) in [5, 5.41) is 12.1. The summed E-state index contributed by atoms with van der Waals surface area (Å²) >= 11 is 6.05. The van der Waals surface area contributed by atoms with Crippen molar-refractivity contribution < 1.29 is 14.7 Å². The van der Waals surface area contributed by atoms with E-state index in [2.05, 4.69) is 5.32 Å². The summed E-state index contributed by atoms with van der Waals surface area (Å²) in [6, 6.07) is 7.12. The van der Waals surface area contributed by atoms with Gasteiger partial charge in [-0.05, 0) is 24.5 Å². The third kappa shape index (κ3) is 5.30. The molecule has 0 bridgehead atoms. The molecule has 2 atom stereocenters. The number of hydrogen-bond donors (Lipinski definition) is 2. The fourth-order valence-electron chi connectivity index (χ4n) is 1.89. The van der Waals surface area contributed by atoms with E-state index in [4.69, 9.17) is 16.7 Å². The van der Waals surface area contributed by atoms with Gasteiger partial charge >= 0.3 is 5.97 Å². The van der Waals surface area contributed by atoms with Crippen LogP contribution in [0.5, 0.6) is 0 Å². The van der Waals surface area contributed by atoms with Crippen LogP contribution < -0.4 is 5.32 Å². The molecule has 104 valence electrons. The Balaban J connectivity index is 2.53. The summed E-state index contributed by atoms with van der Waals surface area (Å²) in [5.41, 5.74) is 0.850. The lowest BCUT2D eigenvalue weighted by Crippen LogP contribution is -2.28. The molecule has 0 aromatic heterocycles. The Morgan fingerprint density at radius 1 is 1.26 bits per heavy atom. The van der Waals surface area contributed by atoms with Crippen molar-refractivity contribution in [2.45, 2.75) is 32.7 Å². The number of hydrogen-bond acceptors (Lipinski definition) is 2. The maximum absolute atomic E-state index is 11.8. The second-order valence-corrected chi connectivity index (χ2v) is 5.13. The van der Waals surface area contributed by atoms with Crippen molar-refractivity contribution in [3.8, 4) is 0 Å². The number of halogens is 1. The quantitative estimate of drug-likeness (QED) is 0.843. The number of amides is 1. The lowest BCUT2D eigenvalue weighted by atomic mass is 10.0. The van der Waals surface area contributed by atoms with Crippen molar-refractivity contribution >= 4 is 23.5 Å². The van der Waals surface area contributed by atoms with Crippen LogP contribution in [0.4, 0.5) is 0 Å². The average molecular weight is 284 g/mol. The zero-order valence-corrected chi connectivity index (χ0v) is 11.8. The number of benzene rings is 1. The van der Waals surface area contributed by atoms with Crippen molar-refractivity contribution in [3.05, 3.63) is 34.9 Å². The Bertz CT molecular complexity index is 462. The van der Waals surface area contributed by atoms with E-state index in [1.165, 1.54) is 0 Å². The molecule has 1 aromatic carbocycles. The van der Waals surface area contributed by atoms with Gasteiger partial charge in [-0.25, -0.2) is 0 Å². The highest BCUT2D eigenvalue weighted by Crippen LogP contribution is 2.22. The van der Waals surface area contributed by atoms with E-state index in [1.54, 1.807) is 13.0 Å². The van der Waals surface area contributed by atoms with Crippen molar-refractivity contribution in [2.75, 3.05) is 0 Å². The summed E-state index contributed by atoms with van der Waals surface area (Å²) in [6.07, 6.45) is 0.189. The van der Waals surface area contributed by atoms with Crippen LogP contribution in [0.25, 0.3) is 0 Å². The van der Waals surface area contributed by atoms with E-state index in [0.717, 1.165) is 5.56 Å². The number of rotatable bonds is 6. The molecule has 19 heavy (non-hydrogen) atoms. The lowest BCUT2D eigenvalue weighted by molar-refractivity contribution is -0.138. The van der Waals surface area contributed by atoms with Crippen LogP contribution in [0.2, 0.25) is 5.02 Å². The third-order valence-electron chi connectivity index (χ3n) is 2.81. The molecule has 0 radical (unpaired) electrons. The maximum atomic E-state index is 11.8. The van der Waals surface area contributed by atoms with E-state index in [1.807, 2.05) is 25.1 Å². The van der Waals surface area contributed by atoms with E-state index < -0.39 is 5.97 Å². The van der Waals surface area contributed by atoms with E-state index in [0.29, 0.717) is 5.02 Å². The standard InChI is InChI=1S/C14H18ClNO3/c1-9(8-14(18)19)7-13(17)16-10(2)11-5-3-4-6-12(11)15/h3-6,9-10H,7-8H2,1-2H3,(H,16,17)(H,18,19). The van der Waals surface area contributed by atoms with Gasteiger partial charge in [-0.1, -0.05) is 36.7 Å². The monoisotopic (exact) mass is 283 g/mol. The van der Waals surface area contributed by atoms with Gasteiger partial charge in [-0.2, -0.15) is 0 Å². The predicted molar refractivity (Wildman–Crippen MR) is 74.0 cm³/mol. The number of carboxylic acid groups (broad SMARTS) is 1. The van der Waals surface area contributed by atoms with Gasteiger partial charge in [0, 0.05) is 17.9 Å². The molecule has 1 rings (SSSR count). The summed E-state index contributed by atoms with van der Waals surface area (Å²) in [7, 11) is 0. The van der Waals surface area contributed by atoms with Crippen LogP contribution in [-0.4, -0.2) is 17.0 Å². The van der Waals surface area contributed by atoms with Gasteiger partial charge in [-0.15, -0.1) is 0 Å². The van der Waals surface area contributed by atoms with Crippen LogP contribution in [-0.2, 0) is 9.59 Å². The molecule has 0 fully saturated rings. The van der Waals surface area contributed by atoms with Gasteiger partial charge < -0.3 is 10.4 Å². The Morgan fingerprint density at radius 3 is 2.47 bits per heavy atom. The molecule has 0 spiro atoms. The SMILES string of the molecule is CC(CC(=O)O)CC(=O)NC(C)c1ccccc1Cl. The van der Waals surface area contributed by atoms with Crippen molar-refractivity contribution in [3.63, 3.8) is 0 Å². The van der Waals surface area contributed by atoms with Crippen molar-refractivity contribution in [2.24, 2.45) is 5.92 Å². The van der Waals surface area contributed by atoms with Crippen molar-refractivity contribution in [1.82, 2.24) is 5.32 Å². The highest BCUT2D eigenvalue weighted by Gasteiger charge is 2.16. The van der Waals surface area contributed by atoms with Crippen LogP contribution >= 0.6 is 11.6 Å². The van der Waals surface area contributed by atoms with Gasteiger partial charge in [0.1, 0.15) is 0 Å². The number of aliphatic carboxylic acids is 1. The fraction of sp³-hybridized carbons (Fsp3) is 0.429. The number of carbonyl (C=O) groups excluding carboxylic acids is 1. The highest BCUT2D eigenvalue weighted by molar-refractivity contribution is 6.31. The minimum absolute atomic E-state index is 0.00606. The Morgan fingerprint density at radius 2 is 1.89 bits per heavy atom. The molecule has 2 N–H and O–H groups in total. The highest BCUT2D eigenvalue weighted by atomic mass is 35.5. The Hall–Kier alpha value is -1.55. The average Bonchev–Trinajstić information content (AvgIpc) is 2.27. The summed E-state index contributed by atoms with van der Waals surface area (Å²) in [6.45, 7) is 3.59. The maximum Gasteiger partial charge on any atom is 0.303 e. The van der Waals surface area contributed by atoms with E-state index in [9.17, 15) is 9.59 Å². The lowest BCUT2D eigenvalue weighted by Gasteiger charge is -2.17. The first-order valence-electron chi connectivity index (χ1n) is 6.15. The molecule has 0 saturated carbocycles. The molecule has 0 heterocycles. The Labute approximate surface area is 117 Å². The number of carboxylic acids is 1. The normalized spacial score (nSPS) is 13.6. The zero-order valence-electron chi connectivity index (χ0n) is 11.0. The van der Waals surface area contributed by atoms with Crippen LogP contribution in [0, 0.1) is 5.92 Å². The molecule has 0 aliphatic rings. The summed E-state index contributed by atoms with van der Waals surface area (Å²) in [5.74, 6) is -1.24. The van der Waals surface area contributed by atoms with Gasteiger partial charge in [0.2, 0.25) is 5.91 Å². The predicted octanol–water partition coefficient (Wildman–Crippen LogP) is 3.02.